The number of amides is 1. The topological polar surface area (TPSA) is 108 Å². The highest BCUT2D eigenvalue weighted by Gasteiger charge is 2.21. The third-order valence-electron chi connectivity index (χ3n) is 3.71. The lowest BCUT2D eigenvalue weighted by Crippen LogP contribution is -2.30. The highest BCUT2D eigenvalue weighted by molar-refractivity contribution is 5.98. The van der Waals surface area contributed by atoms with E-state index in [-0.39, 0.29) is 22.7 Å². The van der Waals surface area contributed by atoms with Gasteiger partial charge in [0.2, 0.25) is 0 Å². The molecule has 0 unspecified atom stereocenters. The average molecular weight is 376 g/mol. The van der Waals surface area contributed by atoms with Crippen molar-refractivity contribution < 1.29 is 28.4 Å². The summed E-state index contributed by atoms with van der Waals surface area (Å²) in [5, 5.41) is 13.3. The second-order valence-electron chi connectivity index (χ2n) is 5.64. The summed E-state index contributed by atoms with van der Waals surface area (Å²) in [5.41, 5.74) is 0.330. The Bertz CT molecular complexity index is 899. The molecule has 2 aromatic rings. The van der Waals surface area contributed by atoms with Crippen LogP contribution in [0, 0.1) is 22.9 Å². The molecular weight excluding hydrogens is 359 g/mol. The van der Waals surface area contributed by atoms with Gasteiger partial charge in [-0.1, -0.05) is 6.07 Å². The summed E-state index contributed by atoms with van der Waals surface area (Å²) >= 11 is 0. The van der Waals surface area contributed by atoms with E-state index in [1.807, 2.05) is 0 Å². The first-order valence-corrected chi connectivity index (χ1v) is 7.83. The number of esters is 1. The summed E-state index contributed by atoms with van der Waals surface area (Å²) in [6, 6.07) is 7.51. The molecule has 9 heteroatoms. The first-order chi connectivity index (χ1) is 12.7. The van der Waals surface area contributed by atoms with E-state index < -0.39 is 28.7 Å². The van der Waals surface area contributed by atoms with Crippen molar-refractivity contribution in [1.29, 1.82) is 0 Å². The lowest BCUT2D eigenvalue weighted by atomic mass is 10.1. The zero-order valence-electron chi connectivity index (χ0n) is 14.8. The molecule has 27 heavy (non-hydrogen) atoms. The van der Waals surface area contributed by atoms with Crippen LogP contribution in [0.15, 0.2) is 36.4 Å². The predicted octanol–water partition coefficient (Wildman–Crippen LogP) is 3.23. The van der Waals surface area contributed by atoms with E-state index in [9.17, 15) is 24.1 Å². The number of ether oxygens (including phenoxy) is 2. The second-order valence-corrected chi connectivity index (χ2v) is 5.64. The number of carbonyl (C=O) groups is 2. The van der Waals surface area contributed by atoms with Crippen LogP contribution in [0.4, 0.5) is 15.8 Å². The molecule has 0 saturated heterocycles. The van der Waals surface area contributed by atoms with Crippen LogP contribution in [0.2, 0.25) is 0 Å². The number of methoxy groups -OCH3 is 1. The van der Waals surface area contributed by atoms with E-state index in [4.69, 9.17) is 9.47 Å². The van der Waals surface area contributed by atoms with Gasteiger partial charge < -0.3 is 14.8 Å². The molecule has 0 bridgehead atoms. The molecule has 142 valence electrons. The molecule has 1 N–H and O–H groups in total. The molecule has 0 fully saturated rings. The van der Waals surface area contributed by atoms with Gasteiger partial charge >= 0.3 is 5.97 Å². The fourth-order valence-electron chi connectivity index (χ4n) is 2.13. The van der Waals surface area contributed by atoms with Gasteiger partial charge in [0.1, 0.15) is 11.6 Å². The molecule has 1 atom stereocenters. The smallest absolute Gasteiger partial charge is 0.339 e. The monoisotopic (exact) mass is 376 g/mol. The van der Waals surface area contributed by atoms with Crippen LogP contribution in [0.5, 0.6) is 5.75 Å². The van der Waals surface area contributed by atoms with E-state index in [0.29, 0.717) is 5.56 Å². The highest BCUT2D eigenvalue weighted by atomic mass is 19.1. The minimum absolute atomic E-state index is 0.0225. The summed E-state index contributed by atoms with van der Waals surface area (Å²) in [6.45, 7) is 2.90. The van der Waals surface area contributed by atoms with E-state index in [0.717, 1.165) is 12.1 Å². The van der Waals surface area contributed by atoms with Crippen molar-refractivity contribution in [3.05, 3.63) is 63.5 Å². The molecule has 2 rings (SSSR count). The van der Waals surface area contributed by atoms with Crippen LogP contribution < -0.4 is 10.1 Å². The third kappa shape index (κ3) is 4.78. The van der Waals surface area contributed by atoms with Crippen molar-refractivity contribution >= 4 is 23.3 Å². The summed E-state index contributed by atoms with van der Waals surface area (Å²) < 4.78 is 23.6. The number of hydrogen-bond acceptors (Lipinski definition) is 6. The molecule has 0 aliphatic rings. The van der Waals surface area contributed by atoms with Crippen LogP contribution in [0.25, 0.3) is 0 Å². The molecule has 0 aromatic heterocycles. The Hall–Kier alpha value is -3.49. The summed E-state index contributed by atoms with van der Waals surface area (Å²) in [4.78, 5) is 34.5. The van der Waals surface area contributed by atoms with Gasteiger partial charge in [0.15, 0.2) is 6.10 Å². The van der Waals surface area contributed by atoms with Crippen molar-refractivity contribution in [2.45, 2.75) is 20.0 Å². The van der Waals surface area contributed by atoms with E-state index in [1.165, 1.54) is 38.3 Å². The summed E-state index contributed by atoms with van der Waals surface area (Å²) in [5.74, 6) is -2.01. The number of benzene rings is 2. The Morgan fingerprint density at radius 1 is 1.22 bits per heavy atom. The number of nitro groups is 1. The molecule has 1 amide bonds. The van der Waals surface area contributed by atoms with Crippen molar-refractivity contribution in [2.24, 2.45) is 0 Å². The van der Waals surface area contributed by atoms with Crippen LogP contribution in [-0.4, -0.2) is 30.0 Å². The molecule has 0 aliphatic carbocycles. The van der Waals surface area contributed by atoms with Gasteiger partial charge in [0.25, 0.3) is 11.6 Å². The molecule has 0 aliphatic heterocycles. The number of carbonyl (C=O) groups excluding carboxylic acids is 2. The minimum atomic E-state index is -1.19. The van der Waals surface area contributed by atoms with Crippen molar-refractivity contribution in [3.63, 3.8) is 0 Å². The Balaban J connectivity index is 2.08. The number of anilines is 1. The van der Waals surface area contributed by atoms with Crippen LogP contribution in [-0.2, 0) is 9.53 Å². The third-order valence-corrected chi connectivity index (χ3v) is 3.71. The van der Waals surface area contributed by atoms with Crippen LogP contribution in [0.1, 0.15) is 22.8 Å². The molecular formula is C18H17FN2O6. The van der Waals surface area contributed by atoms with E-state index in [1.54, 1.807) is 6.92 Å². The average Bonchev–Trinajstić information content (AvgIpc) is 2.63. The minimum Gasteiger partial charge on any atom is -0.494 e. The van der Waals surface area contributed by atoms with Crippen molar-refractivity contribution in [2.75, 3.05) is 12.4 Å². The van der Waals surface area contributed by atoms with Gasteiger partial charge in [-0.25, -0.2) is 9.18 Å². The quantitative estimate of drug-likeness (QED) is 0.471. The zero-order chi connectivity index (χ0) is 20.1. The van der Waals surface area contributed by atoms with Crippen LogP contribution in [0.3, 0.4) is 0 Å². The largest absolute Gasteiger partial charge is 0.494 e. The van der Waals surface area contributed by atoms with Gasteiger partial charge in [0, 0.05) is 6.07 Å². The van der Waals surface area contributed by atoms with Crippen LogP contribution >= 0.6 is 0 Å². The number of nitro benzene ring substituents is 1. The standard InChI is InChI=1S/C18H17FN2O6/c1-10-4-5-12(8-14(10)19)18(23)27-11(2)17(22)20-15-7-6-13(21(24)25)9-16(15)26-3/h4-9,11H,1-3H3,(H,20,22)/t11-/m1/s1. The number of halogens is 1. The summed E-state index contributed by atoms with van der Waals surface area (Å²) in [6.07, 6.45) is -1.19. The fraction of sp³-hybridized carbons (Fsp3) is 0.222. The number of aryl methyl sites for hydroxylation is 1. The second kappa shape index (κ2) is 8.26. The van der Waals surface area contributed by atoms with Gasteiger partial charge in [0.05, 0.1) is 29.4 Å². The maximum atomic E-state index is 13.5. The SMILES string of the molecule is COc1cc([N+](=O)[O-])ccc1NC(=O)[C@@H](C)OC(=O)c1ccc(C)c(F)c1. The maximum absolute atomic E-state index is 13.5. The number of rotatable bonds is 6. The zero-order valence-corrected chi connectivity index (χ0v) is 14.8. The molecule has 0 saturated carbocycles. The Morgan fingerprint density at radius 2 is 1.93 bits per heavy atom. The Kier molecular flexibility index (Phi) is 6.07. The van der Waals surface area contributed by atoms with Crippen molar-refractivity contribution in [3.8, 4) is 5.75 Å². The molecule has 0 radical (unpaired) electrons. The highest BCUT2D eigenvalue weighted by Crippen LogP contribution is 2.29. The molecule has 0 heterocycles. The van der Waals surface area contributed by atoms with Crippen molar-refractivity contribution in [1.82, 2.24) is 0 Å². The van der Waals surface area contributed by atoms with E-state index >= 15 is 0 Å². The molecule has 0 spiro atoms. The Labute approximate surface area is 154 Å². The van der Waals surface area contributed by atoms with Gasteiger partial charge in [-0.2, -0.15) is 0 Å². The lowest BCUT2D eigenvalue weighted by Gasteiger charge is -2.15. The van der Waals surface area contributed by atoms with Gasteiger partial charge in [-0.3, -0.25) is 14.9 Å². The maximum Gasteiger partial charge on any atom is 0.339 e. The molecule has 2 aromatic carbocycles. The number of nitrogens with zero attached hydrogens (tertiary/aromatic N) is 1. The predicted molar refractivity (Wildman–Crippen MR) is 94.3 cm³/mol. The number of non-ortho nitro benzene ring substituents is 1. The number of hydrogen-bond donors (Lipinski definition) is 1. The number of nitrogens with one attached hydrogen (secondary N) is 1. The normalized spacial score (nSPS) is 11.4. The fourth-order valence-corrected chi connectivity index (χ4v) is 2.13. The first kappa shape index (κ1) is 19.8. The summed E-state index contributed by atoms with van der Waals surface area (Å²) in [7, 11) is 1.30. The Morgan fingerprint density at radius 3 is 2.52 bits per heavy atom. The van der Waals surface area contributed by atoms with Gasteiger partial charge in [-0.05, 0) is 37.6 Å². The lowest BCUT2D eigenvalue weighted by molar-refractivity contribution is -0.384. The van der Waals surface area contributed by atoms with Gasteiger partial charge in [-0.15, -0.1) is 0 Å². The molecule has 8 nitrogen and oxygen atoms in total. The first-order valence-electron chi connectivity index (χ1n) is 7.83. The van der Waals surface area contributed by atoms with E-state index in [2.05, 4.69) is 5.32 Å².